The van der Waals surface area contributed by atoms with E-state index in [-0.39, 0.29) is 10.6 Å². The summed E-state index contributed by atoms with van der Waals surface area (Å²) in [5.74, 6) is 0. The molecule has 1 aromatic carbocycles. The number of nitro groups is 1. The van der Waals surface area contributed by atoms with Crippen LogP contribution >= 0.6 is 0 Å². The van der Waals surface area contributed by atoms with Crippen molar-refractivity contribution in [3.05, 3.63) is 28.3 Å². The van der Waals surface area contributed by atoms with Gasteiger partial charge in [0.2, 0.25) is 10.0 Å². The Hall–Kier alpha value is -1.71. The summed E-state index contributed by atoms with van der Waals surface area (Å²) in [6.45, 7) is 4.75. The first-order valence-corrected chi connectivity index (χ1v) is 11.2. The van der Waals surface area contributed by atoms with Crippen LogP contribution in [0.25, 0.3) is 0 Å². The highest BCUT2D eigenvalue weighted by molar-refractivity contribution is 7.89. The molecule has 0 radical (unpaired) electrons. The van der Waals surface area contributed by atoms with Crippen LogP contribution in [0.15, 0.2) is 23.1 Å². The van der Waals surface area contributed by atoms with Crippen molar-refractivity contribution in [3.63, 3.8) is 0 Å². The Labute approximate surface area is 159 Å². The van der Waals surface area contributed by atoms with E-state index in [1.54, 1.807) is 6.07 Å². The van der Waals surface area contributed by atoms with Gasteiger partial charge in [-0.05, 0) is 51.3 Å². The van der Waals surface area contributed by atoms with Crippen LogP contribution in [0.5, 0.6) is 0 Å². The number of hydrogen-bond acceptors (Lipinski definition) is 6. The number of rotatable bonds is 5. The Morgan fingerprint density at radius 1 is 1.00 bits per heavy atom. The average Bonchev–Trinajstić information content (AvgIpc) is 3.43. The number of anilines is 1. The van der Waals surface area contributed by atoms with Crippen LogP contribution in [0.3, 0.4) is 0 Å². The molecule has 27 heavy (non-hydrogen) atoms. The van der Waals surface area contributed by atoms with Gasteiger partial charge in [0.15, 0.2) is 0 Å². The molecule has 1 unspecified atom stereocenters. The first-order chi connectivity index (χ1) is 13.0. The summed E-state index contributed by atoms with van der Waals surface area (Å²) in [5, 5.41) is 11.2. The van der Waals surface area contributed by atoms with E-state index in [1.165, 1.54) is 29.3 Å². The number of non-ortho nitro benzene ring substituents is 1. The van der Waals surface area contributed by atoms with Gasteiger partial charge in [-0.3, -0.25) is 15.0 Å². The molecule has 0 saturated carbocycles. The molecule has 3 aliphatic rings. The predicted octanol–water partition coefficient (Wildman–Crippen LogP) is 2.05. The van der Waals surface area contributed by atoms with Crippen molar-refractivity contribution in [2.75, 3.05) is 44.2 Å². The molecule has 0 N–H and O–H groups in total. The molecule has 0 spiro atoms. The number of sulfonamides is 1. The second-order valence-electron chi connectivity index (χ2n) is 7.65. The van der Waals surface area contributed by atoms with E-state index in [2.05, 4.69) is 9.80 Å². The van der Waals surface area contributed by atoms with Crippen molar-refractivity contribution in [1.29, 1.82) is 0 Å². The van der Waals surface area contributed by atoms with Crippen molar-refractivity contribution < 1.29 is 13.3 Å². The minimum Gasteiger partial charge on any atom is -0.369 e. The first kappa shape index (κ1) is 18.6. The Bertz CT molecular complexity index is 817. The number of likely N-dealkylation sites (tertiary alicyclic amines) is 1. The van der Waals surface area contributed by atoms with E-state index in [0.29, 0.717) is 24.8 Å². The zero-order chi connectivity index (χ0) is 19.0. The van der Waals surface area contributed by atoms with Gasteiger partial charge in [-0.25, -0.2) is 8.42 Å². The van der Waals surface area contributed by atoms with Crippen LogP contribution in [-0.4, -0.2) is 67.9 Å². The third kappa shape index (κ3) is 3.55. The third-order valence-corrected chi connectivity index (χ3v) is 7.93. The Morgan fingerprint density at radius 3 is 2.33 bits per heavy atom. The van der Waals surface area contributed by atoms with Crippen LogP contribution in [0.2, 0.25) is 0 Å². The van der Waals surface area contributed by atoms with Crippen LogP contribution in [0, 0.1) is 10.1 Å². The topological polar surface area (TPSA) is 87.0 Å². The molecule has 0 aromatic heterocycles. The Kier molecular flexibility index (Phi) is 5.09. The second-order valence-corrected chi connectivity index (χ2v) is 9.56. The van der Waals surface area contributed by atoms with E-state index in [9.17, 15) is 18.5 Å². The summed E-state index contributed by atoms with van der Waals surface area (Å²) in [6, 6.07) is 4.71. The zero-order valence-electron chi connectivity index (χ0n) is 15.4. The largest absolute Gasteiger partial charge is 0.369 e. The monoisotopic (exact) mass is 394 g/mol. The minimum atomic E-state index is -3.73. The normalized spacial score (nSPS) is 24.7. The molecule has 3 fully saturated rings. The van der Waals surface area contributed by atoms with Crippen molar-refractivity contribution in [3.8, 4) is 0 Å². The number of nitro benzene ring substituents is 1. The number of benzene rings is 1. The van der Waals surface area contributed by atoms with Gasteiger partial charge < -0.3 is 4.90 Å². The zero-order valence-corrected chi connectivity index (χ0v) is 16.2. The lowest BCUT2D eigenvalue weighted by atomic mass is 10.2. The highest BCUT2D eigenvalue weighted by atomic mass is 32.2. The van der Waals surface area contributed by atoms with E-state index >= 15 is 0 Å². The SMILES string of the molecule is O=[N+]([O-])c1ccc(N2CCC(N3CCCC3)C2)c(S(=O)(=O)N2CCCC2)c1. The van der Waals surface area contributed by atoms with Crippen LogP contribution in [0.4, 0.5) is 11.4 Å². The predicted molar refractivity (Wildman–Crippen MR) is 103 cm³/mol. The van der Waals surface area contributed by atoms with Gasteiger partial charge in [-0.2, -0.15) is 4.31 Å². The fraction of sp³-hybridized carbons (Fsp3) is 0.667. The van der Waals surface area contributed by atoms with Crippen LogP contribution < -0.4 is 4.90 Å². The van der Waals surface area contributed by atoms with Crippen molar-refractivity contribution in [2.45, 2.75) is 43.0 Å². The molecule has 3 saturated heterocycles. The molecular weight excluding hydrogens is 368 g/mol. The third-order valence-electron chi connectivity index (χ3n) is 6.00. The summed E-state index contributed by atoms with van der Waals surface area (Å²) >= 11 is 0. The molecule has 148 valence electrons. The summed E-state index contributed by atoms with van der Waals surface area (Å²) in [5.41, 5.74) is 0.431. The van der Waals surface area contributed by atoms with Crippen molar-refractivity contribution in [1.82, 2.24) is 9.21 Å². The fourth-order valence-corrected chi connectivity index (χ4v) is 6.27. The highest BCUT2D eigenvalue weighted by Gasteiger charge is 2.35. The minimum absolute atomic E-state index is 0.0840. The van der Waals surface area contributed by atoms with Gasteiger partial charge in [0.05, 0.1) is 10.6 Å². The molecule has 4 rings (SSSR count). The standard InChI is InChI=1S/C18H26N4O4S/c23-22(24)15-5-6-17(18(13-15)27(25,26)21-10-3-4-11-21)20-12-7-16(14-20)19-8-1-2-9-19/h5-6,13,16H,1-4,7-12,14H2. The van der Waals surface area contributed by atoms with Gasteiger partial charge >= 0.3 is 0 Å². The first-order valence-electron chi connectivity index (χ1n) is 9.74. The maximum Gasteiger partial charge on any atom is 0.270 e. The summed E-state index contributed by atoms with van der Waals surface area (Å²) in [6.07, 6.45) is 5.12. The van der Waals surface area contributed by atoms with Crippen LogP contribution in [0.1, 0.15) is 32.1 Å². The summed E-state index contributed by atoms with van der Waals surface area (Å²) < 4.78 is 27.8. The van der Waals surface area contributed by atoms with Gasteiger partial charge in [0.1, 0.15) is 4.90 Å². The summed E-state index contributed by atoms with van der Waals surface area (Å²) in [4.78, 5) is 15.4. The maximum atomic E-state index is 13.2. The molecule has 8 nitrogen and oxygen atoms in total. The van der Waals surface area contributed by atoms with E-state index in [4.69, 9.17) is 0 Å². The fourth-order valence-electron chi connectivity index (χ4n) is 4.52. The smallest absolute Gasteiger partial charge is 0.270 e. The van der Waals surface area contributed by atoms with Gasteiger partial charge in [-0.15, -0.1) is 0 Å². The van der Waals surface area contributed by atoms with E-state index in [1.807, 2.05) is 0 Å². The highest BCUT2D eigenvalue weighted by Crippen LogP contribution is 2.35. The molecule has 3 heterocycles. The molecular formula is C18H26N4O4S. The maximum absolute atomic E-state index is 13.2. The van der Waals surface area contributed by atoms with Crippen molar-refractivity contribution >= 4 is 21.4 Å². The molecule has 0 amide bonds. The lowest BCUT2D eigenvalue weighted by molar-refractivity contribution is -0.385. The second kappa shape index (κ2) is 7.37. The van der Waals surface area contributed by atoms with Crippen LogP contribution in [-0.2, 0) is 10.0 Å². The van der Waals surface area contributed by atoms with Gasteiger partial charge in [0.25, 0.3) is 5.69 Å². The molecule has 3 aliphatic heterocycles. The number of hydrogen-bond donors (Lipinski definition) is 0. The Morgan fingerprint density at radius 2 is 1.67 bits per heavy atom. The molecule has 1 aromatic rings. The van der Waals surface area contributed by atoms with Gasteiger partial charge in [0, 0.05) is 44.4 Å². The van der Waals surface area contributed by atoms with E-state index in [0.717, 1.165) is 45.4 Å². The molecule has 1 atom stereocenters. The lowest BCUT2D eigenvalue weighted by Crippen LogP contribution is -2.36. The molecule has 0 bridgehead atoms. The quantitative estimate of drug-likeness (QED) is 0.561. The van der Waals surface area contributed by atoms with Gasteiger partial charge in [-0.1, -0.05) is 0 Å². The molecule has 0 aliphatic carbocycles. The van der Waals surface area contributed by atoms with Crippen molar-refractivity contribution in [2.24, 2.45) is 0 Å². The van der Waals surface area contributed by atoms with E-state index < -0.39 is 14.9 Å². The summed E-state index contributed by atoms with van der Waals surface area (Å²) in [7, 11) is -3.73. The molecule has 9 heteroatoms. The lowest BCUT2D eigenvalue weighted by Gasteiger charge is -2.26. The Balaban J connectivity index is 1.67. The number of nitrogens with zero attached hydrogens (tertiary/aromatic N) is 4. The average molecular weight is 394 g/mol.